The van der Waals surface area contributed by atoms with Gasteiger partial charge in [0.15, 0.2) is 5.13 Å². The van der Waals surface area contributed by atoms with Gasteiger partial charge in [-0.1, -0.05) is 12.1 Å². The monoisotopic (exact) mass is 427 g/mol. The van der Waals surface area contributed by atoms with E-state index >= 15 is 0 Å². The number of thiazole rings is 1. The van der Waals surface area contributed by atoms with E-state index in [2.05, 4.69) is 16.4 Å². The van der Waals surface area contributed by atoms with Crippen molar-refractivity contribution in [1.82, 2.24) is 9.88 Å². The molecule has 0 unspecified atom stereocenters. The van der Waals surface area contributed by atoms with Gasteiger partial charge in [0.25, 0.3) is 0 Å². The van der Waals surface area contributed by atoms with Crippen molar-refractivity contribution in [3.8, 4) is 0 Å². The Balaban J connectivity index is 1.49. The molecule has 3 aromatic rings. The third-order valence-corrected chi connectivity index (χ3v) is 6.49. The molecule has 148 valence electrons. The Labute approximate surface area is 175 Å². The van der Waals surface area contributed by atoms with Crippen LogP contribution in [-0.4, -0.2) is 28.2 Å². The predicted molar refractivity (Wildman–Crippen MR) is 114 cm³/mol. The molecule has 2 aromatic heterocycles. The molecule has 29 heavy (non-hydrogen) atoms. The number of para-hydroxylation sites is 1. The van der Waals surface area contributed by atoms with E-state index in [9.17, 15) is 14.0 Å². The van der Waals surface area contributed by atoms with Gasteiger partial charge in [0, 0.05) is 36.3 Å². The normalized spacial score (nSPS) is 13.5. The Morgan fingerprint density at radius 3 is 2.86 bits per heavy atom. The van der Waals surface area contributed by atoms with Gasteiger partial charge < -0.3 is 4.90 Å². The summed E-state index contributed by atoms with van der Waals surface area (Å²) < 4.78 is 14.2. The molecule has 0 saturated heterocycles. The summed E-state index contributed by atoms with van der Waals surface area (Å²) in [5, 5.41) is 4.15. The number of benzene rings is 1. The minimum Gasteiger partial charge on any atom is -0.334 e. The quantitative estimate of drug-likeness (QED) is 0.571. The van der Waals surface area contributed by atoms with Gasteiger partial charge in [-0.15, -0.1) is 22.7 Å². The number of thiophene rings is 1. The summed E-state index contributed by atoms with van der Waals surface area (Å²) in [6.45, 7) is 2.68. The van der Waals surface area contributed by atoms with Gasteiger partial charge in [-0.05, 0) is 41.6 Å². The zero-order valence-electron chi connectivity index (χ0n) is 15.7. The van der Waals surface area contributed by atoms with Crippen LogP contribution < -0.4 is 4.90 Å². The molecule has 0 radical (unpaired) electrons. The molecule has 0 atom stereocenters. The van der Waals surface area contributed by atoms with Crippen LogP contribution in [0, 0.1) is 5.82 Å². The van der Waals surface area contributed by atoms with Crippen molar-refractivity contribution < 1.29 is 14.0 Å². The van der Waals surface area contributed by atoms with E-state index in [4.69, 9.17) is 0 Å². The number of hydrogen-bond acceptors (Lipinski definition) is 5. The van der Waals surface area contributed by atoms with E-state index < -0.39 is 5.82 Å². The second kappa shape index (κ2) is 8.26. The molecular weight excluding hydrogens is 409 g/mol. The summed E-state index contributed by atoms with van der Waals surface area (Å²) in [6, 6.07) is 8.13. The second-order valence-electron chi connectivity index (χ2n) is 6.57. The first-order chi connectivity index (χ1) is 14.0. The summed E-state index contributed by atoms with van der Waals surface area (Å²) in [5.74, 6) is -0.909. The highest BCUT2D eigenvalue weighted by Gasteiger charge is 2.21. The molecule has 8 heteroatoms. The Morgan fingerprint density at radius 2 is 2.07 bits per heavy atom. The van der Waals surface area contributed by atoms with E-state index in [-0.39, 0.29) is 17.5 Å². The maximum atomic E-state index is 14.2. The smallest absolute Gasteiger partial charge is 0.246 e. The average molecular weight is 428 g/mol. The molecule has 0 bridgehead atoms. The summed E-state index contributed by atoms with van der Waals surface area (Å²) in [5.41, 5.74) is 1.91. The first-order valence-electron chi connectivity index (χ1n) is 9.06. The summed E-state index contributed by atoms with van der Waals surface area (Å²) in [4.78, 5) is 33.4. The van der Waals surface area contributed by atoms with Gasteiger partial charge >= 0.3 is 0 Å². The maximum absolute atomic E-state index is 14.2. The van der Waals surface area contributed by atoms with Crippen molar-refractivity contribution in [1.29, 1.82) is 0 Å². The zero-order valence-corrected chi connectivity index (χ0v) is 17.3. The number of aromatic nitrogens is 1. The highest BCUT2D eigenvalue weighted by molar-refractivity contribution is 7.14. The SMILES string of the molecule is CC(=O)N(c1nc(/C=C/C(=O)N2CCc3sccc3C2)cs1)c1ccccc1F. The van der Waals surface area contributed by atoms with Crippen LogP contribution >= 0.6 is 22.7 Å². The molecule has 3 heterocycles. The van der Waals surface area contributed by atoms with Crippen molar-refractivity contribution in [2.24, 2.45) is 0 Å². The van der Waals surface area contributed by atoms with Crippen LogP contribution in [0.2, 0.25) is 0 Å². The Kier molecular flexibility index (Phi) is 5.55. The van der Waals surface area contributed by atoms with Crippen LogP contribution in [0.15, 0.2) is 47.2 Å². The van der Waals surface area contributed by atoms with Crippen LogP contribution in [0.5, 0.6) is 0 Å². The van der Waals surface area contributed by atoms with Crippen molar-refractivity contribution in [3.05, 3.63) is 69.1 Å². The van der Waals surface area contributed by atoms with E-state index in [1.54, 1.807) is 39.8 Å². The Hall–Kier alpha value is -2.84. The predicted octanol–water partition coefficient (Wildman–Crippen LogP) is 4.63. The van der Waals surface area contributed by atoms with Crippen molar-refractivity contribution in [3.63, 3.8) is 0 Å². The van der Waals surface area contributed by atoms with Gasteiger partial charge in [-0.3, -0.25) is 14.5 Å². The standard InChI is InChI=1S/C21H18FN3O2S2/c1-14(26)25(18-5-3-2-4-17(18)22)21-23-16(13-29-21)6-7-20(27)24-10-8-19-15(12-24)9-11-28-19/h2-7,9,11,13H,8,10,12H2,1H3/b7-6+. The van der Waals surface area contributed by atoms with Gasteiger partial charge in [-0.25, -0.2) is 9.37 Å². The molecular formula is C21H18FN3O2S2. The van der Waals surface area contributed by atoms with Crippen LogP contribution in [0.1, 0.15) is 23.1 Å². The number of nitrogens with zero attached hydrogens (tertiary/aromatic N) is 3. The molecule has 4 rings (SSSR count). The number of rotatable bonds is 4. The third-order valence-electron chi connectivity index (χ3n) is 4.63. The minimum atomic E-state index is -0.497. The molecule has 0 aliphatic carbocycles. The van der Waals surface area contributed by atoms with Gasteiger partial charge in [0.2, 0.25) is 11.8 Å². The van der Waals surface area contributed by atoms with Gasteiger partial charge in [-0.2, -0.15) is 0 Å². The zero-order chi connectivity index (χ0) is 20.4. The number of carbonyl (C=O) groups excluding carboxylic acids is 2. The molecule has 2 amide bonds. The number of anilines is 2. The summed E-state index contributed by atoms with van der Waals surface area (Å²) in [6.07, 6.45) is 4.01. The molecule has 0 N–H and O–H groups in total. The van der Waals surface area contributed by atoms with Gasteiger partial charge in [0.05, 0.1) is 11.4 Å². The molecule has 0 saturated carbocycles. The molecule has 0 fully saturated rings. The number of amides is 2. The van der Waals surface area contributed by atoms with Crippen molar-refractivity contribution in [2.45, 2.75) is 19.9 Å². The van der Waals surface area contributed by atoms with E-state index in [1.165, 1.54) is 51.8 Å². The topological polar surface area (TPSA) is 53.5 Å². The van der Waals surface area contributed by atoms with Gasteiger partial charge in [0.1, 0.15) is 5.82 Å². The summed E-state index contributed by atoms with van der Waals surface area (Å²) in [7, 11) is 0. The van der Waals surface area contributed by atoms with E-state index in [0.717, 1.165) is 6.42 Å². The Bertz CT molecular complexity index is 1090. The fourth-order valence-electron chi connectivity index (χ4n) is 3.19. The lowest BCUT2D eigenvalue weighted by Crippen LogP contribution is -2.34. The average Bonchev–Trinajstić information content (AvgIpc) is 3.36. The molecule has 1 aliphatic rings. The number of halogens is 1. The van der Waals surface area contributed by atoms with Crippen molar-refractivity contribution >= 4 is 51.4 Å². The lowest BCUT2D eigenvalue weighted by molar-refractivity contribution is -0.126. The lowest BCUT2D eigenvalue weighted by Gasteiger charge is -2.25. The fourth-order valence-corrected chi connectivity index (χ4v) is 4.93. The molecule has 5 nitrogen and oxygen atoms in total. The molecule has 1 aliphatic heterocycles. The van der Waals surface area contributed by atoms with Crippen molar-refractivity contribution in [2.75, 3.05) is 11.4 Å². The van der Waals surface area contributed by atoms with E-state index in [0.29, 0.717) is 23.9 Å². The Morgan fingerprint density at radius 1 is 1.24 bits per heavy atom. The number of hydrogen-bond donors (Lipinski definition) is 0. The summed E-state index contributed by atoms with van der Waals surface area (Å²) >= 11 is 2.95. The molecule has 0 spiro atoms. The number of fused-ring (bicyclic) bond motifs is 1. The van der Waals surface area contributed by atoms with Crippen LogP contribution in [0.4, 0.5) is 15.2 Å². The second-order valence-corrected chi connectivity index (χ2v) is 8.41. The van der Waals surface area contributed by atoms with Crippen LogP contribution in [-0.2, 0) is 22.6 Å². The number of carbonyl (C=O) groups is 2. The molecule has 1 aromatic carbocycles. The highest BCUT2D eigenvalue weighted by atomic mass is 32.1. The lowest BCUT2D eigenvalue weighted by atomic mass is 10.1. The van der Waals surface area contributed by atoms with Crippen LogP contribution in [0.25, 0.3) is 6.08 Å². The fraction of sp³-hybridized carbons (Fsp3) is 0.190. The largest absolute Gasteiger partial charge is 0.334 e. The minimum absolute atomic E-state index is 0.0751. The first kappa shape index (κ1) is 19.5. The highest BCUT2D eigenvalue weighted by Crippen LogP contribution is 2.31. The maximum Gasteiger partial charge on any atom is 0.246 e. The van der Waals surface area contributed by atoms with Crippen LogP contribution in [0.3, 0.4) is 0 Å². The van der Waals surface area contributed by atoms with E-state index in [1.807, 2.05) is 0 Å². The first-order valence-corrected chi connectivity index (χ1v) is 10.8. The third kappa shape index (κ3) is 4.13.